The summed E-state index contributed by atoms with van der Waals surface area (Å²) >= 11 is 0. The summed E-state index contributed by atoms with van der Waals surface area (Å²) in [5.41, 5.74) is 2.98. The molecule has 1 N–H and O–H groups in total. The maximum atomic E-state index is 12.4. The summed E-state index contributed by atoms with van der Waals surface area (Å²) < 4.78 is 4.66. The number of likely N-dealkylation sites (N-methyl/N-ethyl adjacent to an activating group) is 1. The first-order valence-corrected chi connectivity index (χ1v) is 8.17. The van der Waals surface area contributed by atoms with E-state index in [4.69, 9.17) is 0 Å². The highest BCUT2D eigenvalue weighted by Gasteiger charge is 2.11. The molecular formula is C20H22N2O4. The van der Waals surface area contributed by atoms with E-state index in [1.807, 2.05) is 12.1 Å². The fourth-order valence-corrected chi connectivity index (χ4v) is 2.44. The lowest BCUT2D eigenvalue weighted by molar-refractivity contribution is -0.129. The molecule has 0 saturated heterocycles. The predicted octanol–water partition coefficient (Wildman–Crippen LogP) is 2.63. The number of ether oxygens (including phenoxy) is 1. The fraction of sp³-hybridized carbons (Fsp3) is 0.250. The van der Waals surface area contributed by atoms with Gasteiger partial charge in [-0.05, 0) is 35.4 Å². The van der Waals surface area contributed by atoms with Gasteiger partial charge in [-0.1, -0.05) is 24.3 Å². The van der Waals surface area contributed by atoms with Crippen molar-refractivity contribution in [1.82, 2.24) is 4.90 Å². The molecule has 0 aromatic heterocycles. The molecule has 0 aliphatic carbocycles. The summed E-state index contributed by atoms with van der Waals surface area (Å²) in [6, 6.07) is 14.2. The summed E-state index contributed by atoms with van der Waals surface area (Å²) in [6.45, 7) is 1.90. The minimum absolute atomic E-state index is 0.0191. The van der Waals surface area contributed by atoms with E-state index in [-0.39, 0.29) is 24.2 Å². The molecule has 26 heavy (non-hydrogen) atoms. The molecule has 0 spiro atoms. The predicted molar refractivity (Wildman–Crippen MR) is 98.7 cm³/mol. The average molecular weight is 354 g/mol. The van der Waals surface area contributed by atoms with Gasteiger partial charge >= 0.3 is 5.97 Å². The number of esters is 1. The van der Waals surface area contributed by atoms with Gasteiger partial charge in [0.2, 0.25) is 11.8 Å². The number of nitrogens with zero attached hydrogens (tertiary/aromatic N) is 1. The Balaban J connectivity index is 1.92. The maximum absolute atomic E-state index is 12.4. The van der Waals surface area contributed by atoms with Crippen molar-refractivity contribution in [2.75, 3.05) is 19.5 Å². The standard InChI is InChI=1S/C20H22N2O4/c1-14(23)21-18-10-6-15(7-11-18)12-19(24)22(2)13-16-4-8-17(9-5-16)20(25)26-3/h4-11H,12-13H2,1-3H3,(H,21,23). The quantitative estimate of drug-likeness (QED) is 0.809. The van der Waals surface area contributed by atoms with Gasteiger partial charge in [-0.3, -0.25) is 9.59 Å². The van der Waals surface area contributed by atoms with Crippen LogP contribution in [0.3, 0.4) is 0 Å². The van der Waals surface area contributed by atoms with Crippen LogP contribution in [0.15, 0.2) is 48.5 Å². The molecule has 0 radical (unpaired) electrons. The second-order valence-electron chi connectivity index (χ2n) is 5.99. The highest BCUT2D eigenvalue weighted by molar-refractivity contribution is 5.89. The first-order valence-electron chi connectivity index (χ1n) is 8.17. The Labute approximate surface area is 152 Å². The molecule has 2 amide bonds. The largest absolute Gasteiger partial charge is 0.465 e. The maximum Gasteiger partial charge on any atom is 0.337 e. The Morgan fingerprint density at radius 1 is 0.962 bits per heavy atom. The number of hydrogen-bond acceptors (Lipinski definition) is 4. The third-order valence-corrected chi connectivity index (χ3v) is 3.85. The molecule has 0 aliphatic rings. The van der Waals surface area contributed by atoms with E-state index >= 15 is 0 Å². The zero-order chi connectivity index (χ0) is 19.1. The van der Waals surface area contributed by atoms with Crippen LogP contribution in [0, 0.1) is 0 Å². The van der Waals surface area contributed by atoms with Gasteiger partial charge in [0.05, 0.1) is 19.1 Å². The van der Waals surface area contributed by atoms with Gasteiger partial charge < -0.3 is 15.0 Å². The van der Waals surface area contributed by atoms with E-state index in [2.05, 4.69) is 10.1 Å². The Hall–Kier alpha value is -3.15. The normalized spacial score (nSPS) is 10.1. The summed E-state index contributed by atoms with van der Waals surface area (Å²) in [6.07, 6.45) is 0.275. The van der Waals surface area contributed by atoms with Crippen LogP contribution in [0.2, 0.25) is 0 Å². The average Bonchev–Trinajstić information content (AvgIpc) is 2.62. The highest BCUT2D eigenvalue weighted by Crippen LogP contribution is 2.12. The number of methoxy groups -OCH3 is 1. The van der Waals surface area contributed by atoms with Crippen molar-refractivity contribution in [3.05, 3.63) is 65.2 Å². The van der Waals surface area contributed by atoms with Crippen LogP contribution in [0.25, 0.3) is 0 Å². The molecule has 0 aliphatic heterocycles. The Morgan fingerprint density at radius 2 is 1.54 bits per heavy atom. The number of nitrogens with one attached hydrogen (secondary N) is 1. The van der Waals surface area contributed by atoms with Crippen LogP contribution in [-0.2, 0) is 27.3 Å². The second-order valence-corrected chi connectivity index (χ2v) is 5.99. The van der Waals surface area contributed by atoms with Crippen molar-refractivity contribution in [3.8, 4) is 0 Å². The number of carbonyl (C=O) groups is 3. The molecule has 0 heterocycles. The second kappa shape index (κ2) is 8.80. The number of carbonyl (C=O) groups excluding carboxylic acids is 3. The number of benzene rings is 2. The monoisotopic (exact) mass is 354 g/mol. The molecule has 2 aromatic carbocycles. The van der Waals surface area contributed by atoms with E-state index in [1.165, 1.54) is 14.0 Å². The van der Waals surface area contributed by atoms with E-state index in [1.54, 1.807) is 48.3 Å². The first-order chi connectivity index (χ1) is 12.4. The molecule has 0 atom stereocenters. The van der Waals surface area contributed by atoms with Crippen LogP contribution >= 0.6 is 0 Å². The molecule has 0 bridgehead atoms. The van der Waals surface area contributed by atoms with Crippen LogP contribution in [0.4, 0.5) is 5.69 Å². The topological polar surface area (TPSA) is 75.7 Å². The summed E-state index contributed by atoms with van der Waals surface area (Å²) in [4.78, 5) is 36.5. The van der Waals surface area contributed by atoms with Gasteiger partial charge in [0, 0.05) is 26.2 Å². The van der Waals surface area contributed by atoms with Crippen molar-refractivity contribution in [1.29, 1.82) is 0 Å². The van der Waals surface area contributed by atoms with E-state index in [0.717, 1.165) is 11.1 Å². The molecular weight excluding hydrogens is 332 g/mol. The van der Waals surface area contributed by atoms with Crippen molar-refractivity contribution < 1.29 is 19.1 Å². The zero-order valence-electron chi connectivity index (χ0n) is 15.1. The smallest absolute Gasteiger partial charge is 0.337 e. The zero-order valence-corrected chi connectivity index (χ0v) is 15.1. The van der Waals surface area contributed by atoms with Gasteiger partial charge in [-0.15, -0.1) is 0 Å². The van der Waals surface area contributed by atoms with E-state index in [9.17, 15) is 14.4 Å². The van der Waals surface area contributed by atoms with Gasteiger partial charge in [-0.25, -0.2) is 4.79 Å². The number of anilines is 1. The molecule has 0 unspecified atom stereocenters. The summed E-state index contributed by atoms with van der Waals surface area (Å²) in [5.74, 6) is -0.537. The minimum Gasteiger partial charge on any atom is -0.465 e. The van der Waals surface area contributed by atoms with Crippen LogP contribution in [0.1, 0.15) is 28.4 Å². The fourth-order valence-electron chi connectivity index (χ4n) is 2.44. The van der Waals surface area contributed by atoms with Crippen molar-refractivity contribution in [2.24, 2.45) is 0 Å². The van der Waals surface area contributed by atoms with Crippen molar-refractivity contribution >= 4 is 23.5 Å². The Morgan fingerprint density at radius 3 is 2.08 bits per heavy atom. The van der Waals surface area contributed by atoms with Crippen LogP contribution in [0.5, 0.6) is 0 Å². The Kier molecular flexibility index (Phi) is 6.49. The molecule has 6 nitrogen and oxygen atoms in total. The van der Waals surface area contributed by atoms with Crippen LogP contribution in [-0.4, -0.2) is 36.8 Å². The van der Waals surface area contributed by atoms with E-state index in [0.29, 0.717) is 17.8 Å². The van der Waals surface area contributed by atoms with Gasteiger partial charge in [-0.2, -0.15) is 0 Å². The lowest BCUT2D eigenvalue weighted by Crippen LogP contribution is -2.27. The van der Waals surface area contributed by atoms with Crippen molar-refractivity contribution in [2.45, 2.75) is 19.9 Å². The molecule has 2 aromatic rings. The lowest BCUT2D eigenvalue weighted by atomic mass is 10.1. The molecule has 0 saturated carbocycles. The molecule has 2 rings (SSSR count). The molecule has 136 valence electrons. The summed E-state index contributed by atoms with van der Waals surface area (Å²) in [7, 11) is 3.08. The van der Waals surface area contributed by atoms with E-state index < -0.39 is 0 Å². The number of rotatable bonds is 6. The van der Waals surface area contributed by atoms with Crippen molar-refractivity contribution in [3.63, 3.8) is 0 Å². The highest BCUT2D eigenvalue weighted by atomic mass is 16.5. The van der Waals surface area contributed by atoms with Gasteiger partial charge in [0.25, 0.3) is 0 Å². The Bertz CT molecular complexity index is 782. The molecule has 0 fully saturated rings. The molecule has 6 heteroatoms. The summed E-state index contributed by atoms with van der Waals surface area (Å²) in [5, 5.41) is 2.69. The van der Waals surface area contributed by atoms with Gasteiger partial charge in [0.1, 0.15) is 0 Å². The lowest BCUT2D eigenvalue weighted by Gasteiger charge is -2.17. The number of hydrogen-bond donors (Lipinski definition) is 1. The van der Waals surface area contributed by atoms with Gasteiger partial charge in [0.15, 0.2) is 0 Å². The first kappa shape index (κ1) is 19.2. The number of amides is 2. The third kappa shape index (κ3) is 5.44. The van der Waals surface area contributed by atoms with Crippen LogP contribution < -0.4 is 5.32 Å². The minimum atomic E-state index is -0.385. The third-order valence-electron chi connectivity index (χ3n) is 3.85. The SMILES string of the molecule is COC(=O)c1ccc(CN(C)C(=O)Cc2ccc(NC(C)=O)cc2)cc1.